The van der Waals surface area contributed by atoms with Crippen molar-refractivity contribution in [3.8, 4) is 0 Å². The first kappa shape index (κ1) is 13.9. The topological polar surface area (TPSA) is 4.93 Å². The molecule has 0 aliphatic rings. The summed E-state index contributed by atoms with van der Waals surface area (Å²) in [4.78, 5) is 0. The lowest BCUT2D eigenvalue weighted by Gasteiger charge is -2.08. The van der Waals surface area contributed by atoms with Crippen LogP contribution in [-0.2, 0) is 6.54 Å². The van der Waals surface area contributed by atoms with Crippen molar-refractivity contribution >= 4 is 50.0 Å². The van der Waals surface area contributed by atoms with Crippen LogP contribution in [0, 0.1) is 5.82 Å². The Morgan fingerprint density at radius 2 is 1.90 bits per heavy atom. The van der Waals surface area contributed by atoms with E-state index in [0.29, 0.717) is 16.6 Å². The Morgan fingerprint density at radius 1 is 1.10 bits per heavy atom. The summed E-state index contributed by atoms with van der Waals surface area (Å²) < 4.78 is 15.9. The summed E-state index contributed by atoms with van der Waals surface area (Å²) in [5.41, 5.74) is 1.94. The molecule has 20 heavy (non-hydrogen) atoms. The molecule has 0 spiro atoms. The van der Waals surface area contributed by atoms with Crippen LogP contribution in [-0.4, -0.2) is 4.57 Å². The van der Waals surface area contributed by atoms with Gasteiger partial charge in [-0.05, 0) is 35.9 Å². The summed E-state index contributed by atoms with van der Waals surface area (Å²) in [6, 6.07) is 10.2. The van der Waals surface area contributed by atoms with Crippen molar-refractivity contribution in [3.05, 3.63) is 68.5 Å². The van der Waals surface area contributed by atoms with Crippen LogP contribution in [0.4, 0.5) is 4.39 Å². The minimum Gasteiger partial charge on any atom is -0.343 e. The number of nitrogens with zero attached hydrogens (tertiary/aromatic N) is 1. The lowest BCUT2D eigenvalue weighted by molar-refractivity contribution is 0.625. The van der Waals surface area contributed by atoms with Gasteiger partial charge in [0, 0.05) is 27.6 Å². The zero-order valence-electron chi connectivity index (χ0n) is 10.2. The van der Waals surface area contributed by atoms with Crippen LogP contribution in [0.15, 0.2) is 47.1 Å². The van der Waals surface area contributed by atoms with Gasteiger partial charge in [-0.2, -0.15) is 0 Å². The fraction of sp³-hybridized carbons (Fsp3) is 0.0667. The second-order valence-electron chi connectivity index (χ2n) is 4.50. The first-order chi connectivity index (χ1) is 9.54. The number of hydrogen-bond acceptors (Lipinski definition) is 0. The van der Waals surface area contributed by atoms with Crippen LogP contribution in [0.3, 0.4) is 0 Å². The molecule has 0 fully saturated rings. The molecule has 0 saturated heterocycles. The molecule has 0 bridgehead atoms. The van der Waals surface area contributed by atoms with Crippen molar-refractivity contribution < 1.29 is 4.39 Å². The molecule has 2 aromatic carbocycles. The van der Waals surface area contributed by atoms with Gasteiger partial charge in [0.25, 0.3) is 0 Å². The monoisotopic (exact) mass is 371 g/mol. The van der Waals surface area contributed by atoms with Gasteiger partial charge in [0.2, 0.25) is 0 Å². The third-order valence-electron chi connectivity index (χ3n) is 3.16. The van der Waals surface area contributed by atoms with Crippen molar-refractivity contribution in [1.29, 1.82) is 0 Å². The summed E-state index contributed by atoms with van der Waals surface area (Å²) in [5.74, 6) is -0.260. The van der Waals surface area contributed by atoms with E-state index in [1.165, 1.54) is 12.1 Å². The maximum atomic E-state index is 13.1. The molecule has 5 heteroatoms. The Balaban J connectivity index is 2.07. The Morgan fingerprint density at radius 3 is 2.65 bits per heavy atom. The molecule has 1 aromatic heterocycles. The standard InChI is InChI=1S/C15H9BrCl2FN/c16-13-7-11(19)2-1-9(13)8-20-4-3-12-14(18)5-10(17)6-15(12)20/h1-7H,8H2. The summed E-state index contributed by atoms with van der Waals surface area (Å²) in [7, 11) is 0. The maximum absolute atomic E-state index is 13.1. The average Bonchev–Trinajstić information content (AvgIpc) is 2.76. The molecule has 102 valence electrons. The van der Waals surface area contributed by atoms with Gasteiger partial charge in [-0.3, -0.25) is 0 Å². The number of fused-ring (bicyclic) bond motifs is 1. The van der Waals surface area contributed by atoms with E-state index < -0.39 is 0 Å². The quantitative estimate of drug-likeness (QED) is 0.527. The highest BCUT2D eigenvalue weighted by Crippen LogP contribution is 2.30. The number of benzene rings is 2. The summed E-state index contributed by atoms with van der Waals surface area (Å²) >= 11 is 15.6. The Kier molecular flexibility index (Phi) is 3.76. The Bertz CT molecular complexity index is 798. The van der Waals surface area contributed by atoms with Crippen LogP contribution in [0.25, 0.3) is 10.9 Å². The van der Waals surface area contributed by atoms with Gasteiger partial charge in [-0.15, -0.1) is 0 Å². The van der Waals surface area contributed by atoms with Crippen LogP contribution in [0.5, 0.6) is 0 Å². The highest BCUT2D eigenvalue weighted by molar-refractivity contribution is 9.10. The minimum atomic E-state index is -0.260. The van der Waals surface area contributed by atoms with Gasteiger partial charge < -0.3 is 4.57 Å². The highest BCUT2D eigenvalue weighted by atomic mass is 79.9. The van der Waals surface area contributed by atoms with Crippen molar-refractivity contribution in [2.45, 2.75) is 6.54 Å². The second kappa shape index (κ2) is 5.40. The van der Waals surface area contributed by atoms with Crippen molar-refractivity contribution in [2.24, 2.45) is 0 Å². The van der Waals surface area contributed by atoms with Gasteiger partial charge >= 0.3 is 0 Å². The van der Waals surface area contributed by atoms with Crippen LogP contribution in [0.1, 0.15) is 5.56 Å². The highest BCUT2D eigenvalue weighted by Gasteiger charge is 2.08. The lowest BCUT2D eigenvalue weighted by Crippen LogP contribution is -1.99. The van der Waals surface area contributed by atoms with Gasteiger partial charge in [-0.25, -0.2) is 4.39 Å². The molecule has 0 N–H and O–H groups in total. The third-order valence-corrected chi connectivity index (χ3v) is 4.43. The third kappa shape index (κ3) is 2.58. The minimum absolute atomic E-state index is 0.260. The van der Waals surface area contributed by atoms with E-state index in [-0.39, 0.29) is 5.82 Å². The number of rotatable bonds is 2. The van der Waals surface area contributed by atoms with Gasteiger partial charge in [0.05, 0.1) is 10.5 Å². The lowest BCUT2D eigenvalue weighted by atomic mass is 10.2. The molecule has 3 aromatic rings. The van der Waals surface area contributed by atoms with Gasteiger partial charge in [0.15, 0.2) is 0 Å². The summed E-state index contributed by atoms with van der Waals surface area (Å²) in [6.45, 7) is 0.612. The van der Waals surface area contributed by atoms with E-state index in [9.17, 15) is 4.39 Å². The van der Waals surface area contributed by atoms with Crippen molar-refractivity contribution in [2.75, 3.05) is 0 Å². The smallest absolute Gasteiger partial charge is 0.124 e. The predicted molar refractivity (Wildman–Crippen MR) is 85.2 cm³/mol. The number of aromatic nitrogens is 1. The number of hydrogen-bond donors (Lipinski definition) is 0. The molecule has 0 aliphatic carbocycles. The predicted octanol–water partition coefficient (Wildman–Crippen LogP) is 5.90. The average molecular weight is 373 g/mol. The van der Waals surface area contributed by atoms with Gasteiger partial charge in [0.1, 0.15) is 5.82 Å². The molecule has 3 rings (SSSR count). The number of halogens is 4. The van der Waals surface area contributed by atoms with Crippen LogP contribution >= 0.6 is 39.1 Å². The largest absolute Gasteiger partial charge is 0.343 e. The van der Waals surface area contributed by atoms with E-state index in [4.69, 9.17) is 23.2 Å². The Hall–Kier alpha value is -1.03. The fourth-order valence-electron chi connectivity index (χ4n) is 2.19. The van der Waals surface area contributed by atoms with E-state index >= 15 is 0 Å². The molecule has 0 radical (unpaired) electrons. The zero-order chi connectivity index (χ0) is 14.3. The van der Waals surface area contributed by atoms with E-state index in [0.717, 1.165) is 20.9 Å². The SMILES string of the molecule is Fc1ccc(Cn2ccc3c(Cl)cc(Cl)cc32)c(Br)c1. The van der Waals surface area contributed by atoms with Crippen LogP contribution in [0.2, 0.25) is 10.0 Å². The molecule has 0 atom stereocenters. The summed E-state index contributed by atoms with van der Waals surface area (Å²) in [5, 5.41) is 2.18. The summed E-state index contributed by atoms with van der Waals surface area (Å²) in [6.07, 6.45) is 1.95. The first-order valence-corrected chi connectivity index (χ1v) is 7.47. The normalized spacial score (nSPS) is 11.2. The fourth-order valence-corrected chi connectivity index (χ4v) is 3.21. The van der Waals surface area contributed by atoms with E-state index in [1.807, 2.05) is 22.9 Å². The molecule has 0 saturated carbocycles. The Labute approximate surface area is 134 Å². The van der Waals surface area contributed by atoms with Crippen molar-refractivity contribution in [1.82, 2.24) is 4.57 Å². The molecular weight excluding hydrogens is 364 g/mol. The maximum Gasteiger partial charge on any atom is 0.124 e. The molecule has 0 unspecified atom stereocenters. The molecule has 1 nitrogen and oxygen atoms in total. The zero-order valence-corrected chi connectivity index (χ0v) is 13.3. The first-order valence-electron chi connectivity index (χ1n) is 5.92. The van der Waals surface area contributed by atoms with E-state index in [2.05, 4.69) is 15.9 Å². The molecule has 1 heterocycles. The molecule has 0 amide bonds. The second-order valence-corrected chi connectivity index (χ2v) is 6.20. The van der Waals surface area contributed by atoms with Crippen molar-refractivity contribution in [3.63, 3.8) is 0 Å². The van der Waals surface area contributed by atoms with Gasteiger partial charge in [-0.1, -0.05) is 45.2 Å². The van der Waals surface area contributed by atoms with E-state index in [1.54, 1.807) is 12.1 Å². The molecular formula is C15H9BrCl2FN. The van der Waals surface area contributed by atoms with Crippen LogP contribution < -0.4 is 0 Å². The molecule has 0 aliphatic heterocycles.